The number of unbranched alkanes of at least 4 members (excludes halogenated alkanes) is 3. The predicted octanol–water partition coefficient (Wildman–Crippen LogP) is 3.64. The smallest absolute Gasteiger partial charge is 0.325 e. The van der Waals surface area contributed by atoms with Gasteiger partial charge in [-0.3, -0.25) is 33.3 Å². The van der Waals surface area contributed by atoms with Crippen molar-refractivity contribution in [3.05, 3.63) is 48.0 Å². The Morgan fingerprint density at radius 3 is 1.97 bits per heavy atom. The zero-order valence-electron chi connectivity index (χ0n) is 41.0. The van der Waals surface area contributed by atoms with Crippen molar-refractivity contribution in [1.29, 1.82) is 0 Å². The highest BCUT2D eigenvalue weighted by atomic mass is 35.5. The molecule has 0 radical (unpaired) electrons. The minimum Gasteiger partial charge on any atom is -0.468 e. The van der Waals surface area contributed by atoms with Crippen LogP contribution >= 0.6 is 11.6 Å². The molecule has 1 saturated heterocycles. The Kier molecular flexibility index (Phi) is 25.5. The van der Waals surface area contributed by atoms with Gasteiger partial charge in [-0.05, 0) is 49.4 Å². The molecule has 20 nitrogen and oxygen atoms in total. The molecule has 0 atom stereocenters. The number of nitrogens with zero attached hydrogens (tertiary/aromatic N) is 5. The Labute approximate surface area is 418 Å². The van der Waals surface area contributed by atoms with Crippen LogP contribution in [-0.2, 0) is 70.7 Å². The van der Waals surface area contributed by atoms with Crippen molar-refractivity contribution in [1.82, 2.24) is 40.4 Å². The van der Waals surface area contributed by atoms with Crippen molar-refractivity contribution in [2.45, 2.75) is 63.8 Å². The topological polar surface area (TPSA) is 225 Å². The highest BCUT2D eigenvalue weighted by molar-refractivity contribution is 6.17. The lowest BCUT2D eigenvalue weighted by molar-refractivity contribution is -0.141. The van der Waals surface area contributed by atoms with Gasteiger partial charge in [0.1, 0.15) is 18.9 Å². The van der Waals surface area contributed by atoms with Gasteiger partial charge in [0.15, 0.2) is 0 Å². The quantitative estimate of drug-likeness (QED) is 0.0340. The highest BCUT2D eigenvalue weighted by Crippen LogP contribution is 2.40. The number of esters is 1. The second-order valence-corrected chi connectivity index (χ2v) is 17.2. The second-order valence-electron chi connectivity index (χ2n) is 16.8. The van der Waals surface area contributed by atoms with Crippen LogP contribution < -0.4 is 16.0 Å². The van der Waals surface area contributed by atoms with Crippen molar-refractivity contribution in [2.24, 2.45) is 7.05 Å². The van der Waals surface area contributed by atoms with E-state index in [4.69, 9.17) is 45.1 Å². The van der Waals surface area contributed by atoms with Gasteiger partial charge in [-0.1, -0.05) is 25.0 Å². The largest absolute Gasteiger partial charge is 0.468 e. The first kappa shape index (κ1) is 56.6. The van der Waals surface area contributed by atoms with E-state index in [1.807, 2.05) is 6.07 Å². The molecule has 0 bridgehead atoms. The number of rotatable bonds is 35. The van der Waals surface area contributed by atoms with Crippen molar-refractivity contribution >= 4 is 63.0 Å². The maximum absolute atomic E-state index is 15.9. The lowest BCUT2D eigenvalue weighted by Crippen LogP contribution is -2.40. The van der Waals surface area contributed by atoms with E-state index < -0.39 is 23.6 Å². The molecule has 0 aliphatic carbocycles. The number of nitrogens with one attached hydrogen (secondary N) is 3. The Morgan fingerprint density at radius 2 is 1.32 bits per heavy atom. The number of likely N-dealkylation sites (tertiary alicyclic amines) is 1. The molecular formula is C49H70ClFN8O12. The number of hydrogen-bond donors (Lipinski definition) is 3. The highest BCUT2D eigenvalue weighted by Gasteiger charge is 2.30. The number of methoxy groups -OCH3 is 1. The normalized spacial score (nSPS) is 13.0. The summed E-state index contributed by atoms with van der Waals surface area (Å²) < 4.78 is 56.8. The molecule has 0 unspecified atom stereocenters. The number of halogens is 2. The summed E-state index contributed by atoms with van der Waals surface area (Å²) in [5.41, 5.74) is 2.92. The first-order chi connectivity index (χ1) is 34.6. The number of ether oxygens (including phenoxy) is 7. The van der Waals surface area contributed by atoms with E-state index in [2.05, 4.69) is 25.8 Å². The van der Waals surface area contributed by atoms with Crippen molar-refractivity contribution in [2.75, 3.05) is 125 Å². The van der Waals surface area contributed by atoms with E-state index >= 15 is 4.39 Å². The molecule has 1 fully saturated rings. The first-order valence-corrected chi connectivity index (χ1v) is 24.9. The molecule has 392 valence electrons. The van der Waals surface area contributed by atoms with Crippen LogP contribution in [0.1, 0.15) is 63.0 Å². The van der Waals surface area contributed by atoms with Crippen LogP contribution in [0.4, 0.5) is 4.39 Å². The van der Waals surface area contributed by atoms with Crippen molar-refractivity contribution in [3.63, 3.8) is 0 Å². The second kappa shape index (κ2) is 31.9. The molecule has 5 rings (SSSR count). The predicted molar refractivity (Wildman–Crippen MR) is 262 cm³/mol. The number of aromatic nitrogens is 4. The summed E-state index contributed by atoms with van der Waals surface area (Å²) in [6, 6.07) is 8.59. The molecule has 2 aromatic heterocycles. The maximum Gasteiger partial charge on any atom is 0.325 e. The van der Waals surface area contributed by atoms with Crippen LogP contribution in [0, 0.1) is 5.82 Å². The molecule has 3 N–H and O–H groups in total. The fraction of sp³-hybridized carbons (Fsp3) is 0.612. The molecule has 0 spiro atoms. The first-order valence-electron chi connectivity index (χ1n) is 24.4. The zero-order valence-corrected chi connectivity index (χ0v) is 41.8. The van der Waals surface area contributed by atoms with Crippen LogP contribution in [0.5, 0.6) is 0 Å². The summed E-state index contributed by atoms with van der Waals surface area (Å²) in [5.74, 6) is -1.96. The standard InChI is InChI=1S/C49H70ClFN8O12/c1-57-42-31-39(40(51)30-37(42)32-55-57)38-8-7-9-41-48(38)49(56-59(41)35-45(62)53-33-44(61)54-34-47(64)65-2)36-12-16-58(17-13-36)46(63)11-10-43(60)52-15-19-67-21-23-69-25-27-71-29-28-70-26-24-68-22-20-66-18-6-4-3-5-14-50/h7-9,30-32,36H,3-6,10-29,33-35H2,1-2H3,(H,52,60)(H,53,62)(H,54,61). The number of carbonyl (C=O) groups is 5. The number of piperidine rings is 1. The fourth-order valence-electron chi connectivity index (χ4n) is 7.93. The summed E-state index contributed by atoms with van der Waals surface area (Å²) in [5, 5.41) is 18.3. The molecule has 4 aromatic rings. The fourth-order valence-corrected chi connectivity index (χ4v) is 8.12. The van der Waals surface area contributed by atoms with Gasteiger partial charge in [-0.15, -0.1) is 11.6 Å². The van der Waals surface area contributed by atoms with Crippen LogP contribution in [0.25, 0.3) is 32.9 Å². The van der Waals surface area contributed by atoms with E-state index in [1.54, 1.807) is 41.0 Å². The number of alkyl halides is 1. The molecule has 71 heavy (non-hydrogen) atoms. The monoisotopic (exact) mass is 1020 g/mol. The summed E-state index contributed by atoms with van der Waals surface area (Å²) in [6.45, 7) is 5.87. The van der Waals surface area contributed by atoms with Gasteiger partial charge in [0.25, 0.3) is 0 Å². The zero-order chi connectivity index (χ0) is 50.6. The SMILES string of the molecule is COC(=O)CNC(=O)CNC(=O)Cn1nc(C2CCN(C(=O)CCC(=O)NCCOCCOCCOCCOCCOCCOCCCCCCCl)CC2)c2c(-c3cc4c(cnn4C)cc3F)cccc21. The van der Waals surface area contributed by atoms with E-state index in [1.165, 1.54) is 17.9 Å². The third kappa shape index (κ3) is 19.3. The number of benzene rings is 2. The Balaban J connectivity index is 0.973. The minimum absolute atomic E-state index is 0.0345. The van der Waals surface area contributed by atoms with E-state index in [0.717, 1.165) is 43.7 Å². The van der Waals surface area contributed by atoms with E-state index in [-0.39, 0.29) is 50.2 Å². The Bertz CT molecular complexity index is 2290. The molecule has 4 amide bonds. The minimum atomic E-state index is -0.627. The summed E-state index contributed by atoms with van der Waals surface area (Å²) in [7, 11) is 2.98. The average Bonchev–Trinajstić information content (AvgIpc) is 3.93. The molecule has 2 aromatic carbocycles. The van der Waals surface area contributed by atoms with E-state index in [0.29, 0.717) is 138 Å². The number of carbonyl (C=O) groups excluding carboxylic acids is 5. The Morgan fingerprint density at radius 1 is 0.704 bits per heavy atom. The summed E-state index contributed by atoms with van der Waals surface area (Å²) in [6.07, 6.45) is 7.15. The van der Waals surface area contributed by atoms with Gasteiger partial charge in [-0.25, -0.2) is 4.39 Å². The molecule has 1 aliphatic heterocycles. The maximum atomic E-state index is 15.9. The lowest BCUT2D eigenvalue weighted by atomic mass is 9.88. The van der Waals surface area contributed by atoms with Gasteiger partial charge in [-0.2, -0.15) is 10.2 Å². The lowest BCUT2D eigenvalue weighted by Gasteiger charge is -2.31. The van der Waals surface area contributed by atoms with Gasteiger partial charge in [0, 0.05) is 74.3 Å². The van der Waals surface area contributed by atoms with E-state index in [9.17, 15) is 24.0 Å². The molecule has 1 aliphatic rings. The van der Waals surface area contributed by atoms with Gasteiger partial charge in [0.2, 0.25) is 23.6 Å². The number of fused-ring (bicyclic) bond motifs is 2. The summed E-state index contributed by atoms with van der Waals surface area (Å²) in [4.78, 5) is 64.4. The molecular weight excluding hydrogens is 947 g/mol. The summed E-state index contributed by atoms with van der Waals surface area (Å²) >= 11 is 5.67. The molecule has 22 heteroatoms. The number of hydrogen-bond acceptors (Lipinski definition) is 14. The average molecular weight is 1020 g/mol. The van der Waals surface area contributed by atoms with Gasteiger partial charge >= 0.3 is 5.97 Å². The molecule has 3 heterocycles. The van der Waals surface area contributed by atoms with Gasteiger partial charge in [0.05, 0.1) is 109 Å². The molecule has 0 saturated carbocycles. The van der Waals surface area contributed by atoms with Crippen molar-refractivity contribution in [3.8, 4) is 11.1 Å². The van der Waals surface area contributed by atoms with Crippen LogP contribution in [-0.4, -0.2) is 179 Å². The number of amides is 4. The third-order valence-corrected chi connectivity index (χ3v) is 12.0. The third-order valence-electron chi connectivity index (χ3n) is 11.7. The van der Waals surface area contributed by atoms with Crippen LogP contribution in [0.2, 0.25) is 0 Å². The number of aryl methyl sites for hydroxylation is 1. The van der Waals surface area contributed by atoms with Gasteiger partial charge < -0.3 is 54.0 Å². The Hall–Kier alpha value is -5.29. The van der Waals surface area contributed by atoms with Crippen molar-refractivity contribution < 1.29 is 61.5 Å². The van der Waals surface area contributed by atoms with Crippen LogP contribution in [0.3, 0.4) is 0 Å². The van der Waals surface area contributed by atoms with Crippen LogP contribution in [0.15, 0.2) is 36.5 Å².